The molecule has 0 spiro atoms. The van der Waals surface area contributed by atoms with Gasteiger partial charge in [-0.25, -0.2) is 4.79 Å². The van der Waals surface area contributed by atoms with Crippen molar-refractivity contribution >= 4 is 12.0 Å². The van der Waals surface area contributed by atoms with Crippen molar-refractivity contribution in [1.29, 1.82) is 0 Å². The van der Waals surface area contributed by atoms with Crippen LogP contribution in [0, 0.1) is 0 Å². The van der Waals surface area contributed by atoms with Crippen molar-refractivity contribution in [2.24, 2.45) is 0 Å². The summed E-state index contributed by atoms with van der Waals surface area (Å²) in [7, 11) is 0. The minimum Gasteiger partial charge on any atom is -0.450 e. The lowest BCUT2D eigenvalue weighted by Gasteiger charge is -2.28. The number of rotatable bonds is 5. The first-order valence-corrected chi connectivity index (χ1v) is 8.74. The third-order valence-corrected chi connectivity index (χ3v) is 4.30. The number of aromatic nitrogens is 2. The molecule has 0 fully saturated rings. The van der Waals surface area contributed by atoms with E-state index in [0.717, 1.165) is 16.8 Å². The molecule has 26 heavy (non-hydrogen) atoms. The lowest BCUT2D eigenvalue weighted by molar-refractivity contribution is 0.0950. The molecule has 1 N–H and O–H groups in total. The van der Waals surface area contributed by atoms with Crippen molar-refractivity contribution in [1.82, 2.24) is 20.2 Å². The predicted octanol–water partition coefficient (Wildman–Crippen LogP) is 1.96. The zero-order valence-electron chi connectivity index (χ0n) is 14.8. The summed E-state index contributed by atoms with van der Waals surface area (Å²) < 4.78 is 5.05. The van der Waals surface area contributed by atoms with Gasteiger partial charge in [-0.15, -0.1) is 0 Å². The van der Waals surface area contributed by atoms with Crippen molar-refractivity contribution in [3.05, 3.63) is 59.2 Å². The Hall–Kier alpha value is -2.96. The first kappa shape index (κ1) is 17.8. The van der Waals surface area contributed by atoms with Gasteiger partial charge >= 0.3 is 6.09 Å². The number of carbonyl (C=O) groups is 2. The fourth-order valence-corrected chi connectivity index (χ4v) is 3.01. The smallest absolute Gasteiger partial charge is 0.410 e. The van der Waals surface area contributed by atoms with Crippen molar-refractivity contribution in [2.45, 2.75) is 26.3 Å². The molecule has 3 heterocycles. The van der Waals surface area contributed by atoms with Crippen molar-refractivity contribution in [2.75, 3.05) is 19.7 Å². The Morgan fingerprint density at radius 3 is 2.96 bits per heavy atom. The fraction of sp³-hybridized carbons (Fsp3) is 0.368. The third kappa shape index (κ3) is 4.17. The van der Waals surface area contributed by atoms with Crippen LogP contribution in [0.2, 0.25) is 0 Å². The molecule has 7 heteroatoms. The molecule has 0 bridgehead atoms. The molecule has 2 aromatic heterocycles. The third-order valence-electron chi connectivity index (χ3n) is 4.30. The van der Waals surface area contributed by atoms with E-state index in [1.165, 1.54) is 0 Å². The van der Waals surface area contributed by atoms with Crippen molar-refractivity contribution in [3.63, 3.8) is 0 Å². The molecule has 2 amide bonds. The molecule has 0 radical (unpaired) electrons. The van der Waals surface area contributed by atoms with Crippen molar-refractivity contribution < 1.29 is 14.3 Å². The largest absolute Gasteiger partial charge is 0.450 e. The normalized spacial score (nSPS) is 13.0. The van der Waals surface area contributed by atoms with Gasteiger partial charge in [-0.1, -0.05) is 6.07 Å². The van der Waals surface area contributed by atoms with Crippen LogP contribution in [-0.4, -0.2) is 46.6 Å². The number of fused-ring (bicyclic) bond motifs is 1. The summed E-state index contributed by atoms with van der Waals surface area (Å²) in [5, 5.41) is 2.93. The van der Waals surface area contributed by atoms with Gasteiger partial charge < -0.3 is 15.0 Å². The maximum atomic E-state index is 12.5. The highest BCUT2D eigenvalue weighted by Crippen LogP contribution is 2.22. The number of amides is 2. The molecule has 3 rings (SSSR count). The number of hydrogen-bond acceptors (Lipinski definition) is 5. The molecule has 0 atom stereocenters. The second-order valence-electron chi connectivity index (χ2n) is 6.02. The van der Waals surface area contributed by atoms with Gasteiger partial charge in [0.2, 0.25) is 0 Å². The molecule has 0 aliphatic carbocycles. The Morgan fingerprint density at radius 1 is 1.31 bits per heavy atom. The maximum Gasteiger partial charge on any atom is 0.410 e. The van der Waals surface area contributed by atoms with Gasteiger partial charge in [0.15, 0.2) is 0 Å². The molecule has 0 saturated carbocycles. The average Bonchev–Trinajstić information content (AvgIpc) is 2.68. The molecular formula is C19H22N4O3. The molecular weight excluding hydrogens is 332 g/mol. The monoisotopic (exact) mass is 354 g/mol. The Balaban J connectivity index is 1.63. The molecule has 0 aromatic carbocycles. The van der Waals surface area contributed by atoms with Crippen LogP contribution in [0.15, 0.2) is 36.8 Å². The number of carbonyl (C=O) groups excluding carboxylic acids is 2. The van der Waals surface area contributed by atoms with Gasteiger partial charge in [0.05, 0.1) is 18.7 Å². The first-order chi connectivity index (χ1) is 12.7. The average molecular weight is 354 g/mol. The second kappa shape index (κ2) is 8.42. The number of nitrogens with zero attached hydrogens (tertiary/aromatic N) is 3. The lowest BCUT2D eigenvalue weighted by atomic mass is 9.97. The van der Waals surface area contributed by atoms with Gasteiger partial charge in [-0.05, 0) is 36.6 Å². The zero-order chi connectivity index (χ0) is 18.4. The van der Waals surface area contributed by atoms with Crippen LogP contribution in [0.1, 0.15) is 34.1 Å². The van der Waals surface area contributed by atoms with Crippen LogP contribution in [0.3, 0.4) is 0 Å². The van der Waals surface area contributed by atoms with Crippen LogP contribution in [0.5, 0.6) is 0 Å². The number of nitrogens with one attached hydrogen (secondary N) is 1. The van der Waals surface area contributed by atoms with Crippen LogP contribution in [0.4, 0.5) is 4.79 Å². The Morgan fingerprint density at radius 2 is 2.19 bits per heavy atom. The number of pyridine rings is 2. The highest BCUT2D eigenvalue weighted by molar-refractivity contribution is 5.95. The molecule has 136 valence electrons. The molecule has 2 aromatic rings. The number of hydrogen-bond donors (Lipinski definition) is 1. The van der Waals surface area contributed by atoms with E-state index < -0.39 is 0 Å². The van der Waals surface area contributed by atoms with Gasteiger partial charge in [-0.3, -0.25) is 14.8 Å². The van der Waals surface area contributed by atoms with Gasteiger partial charge in [0.1, 0.15) is 0 Å². The minimum absolute atomic E-state index is 0.144. The standard InChI is InChI=1S/C19H22N4O3/c1-2-26-19(25)23-10-7-16-14(13-23)11-20-12-17(16)18(24)22-9-6-15-5-3-4-8-21-15/h3-5,8,11-12H,2,6-7,9-10,13H2,1H3,(H,22,24). The topological polar surface area (TPSA) is 84.4 Å². The van der Waals surface area contributed by atoms with Crippen LogP contribution >= 0.6 is 0 Å². The highest BCUT2D eigenvalue weighted by atomic mass is 16.6. The Bertz CT molecular complexity index is 780. The SMILES string of the molecule is CCOC(=O)N1CCc2c(cncc2C(=O)NCCc2ccccn2)C1. The van der Waals surface area contributed by atoms with E-state index >= 15 is 0 Å². The summed E-state index contributed by atoms with van der Waals surface area (Å²) in [6.45, 7) is 3.58. The molecule has 1 aliphatic heterocycles. The quantitative estimate of drug-likeness (QED) is 0.887. The maximum absolute atomic E-state index is 12.5. The van der Waals surface area contributed by atoms with E-state index in [4.69, 9.17) is 4.74 Å². The fourth-order valence-electron chi connectivity index (χ4n) is 3.01. The number of ether oxygens (including phenoxy) is 1. The van der Waals surface area contributed by atoms with E-state index in [9.17, 15) is 9.59 Å². The summed E-state index contributed by atoms with van der Waals surface area (Å²) >= 11 is 0. The molecule has 0 unspecified atom stereocenters. The molecule has 1 aliphatic rings. The second-order valence-corrected chi connectivity index (χ2v) is 6.02. The summed E-state index contributed by atoms with van der Waals surface area (Å²) in [6, 6.07) is 5.72. The van der Waals surface area contributed by atoms with E-state index in [1.807, 2.05) is 18.2 Å². The van der Waals surface area contributed by atoms with Gasteiger partial charge in [-0.2, -0.15) is 0 Å². The highest BCUT2D eigenvalue weighted by Gasteiger charge is 2.25. The molecule has 0 saturated heterocycles. The Kier molecular flexibility index (Phi) is 5.78. The summed E-state index contributed by atoms with van der Waals surface area (Å²) in [4.78, 5) is 34.5. The predicted molar refractivity (Wildman–Crippen MR) is 95.6 cm³/mol. The van der Waals surface area contributed by atoms with E-state index in [2.05, 4.69) is 15.3 Å². The Labute approximate surface area is 152 Å². The molecule has 7 nitrogen and oxygen atoms in total. The summed E-state index contributed by atoms with van der Waals surface area (Å²) in [6.07, 6.45) is 6.00. The van der Waals surface area contributed by atoms with Crippen LogP contribution < -0.4 is 5.32 Å². The van der Waals surface area contributed by atoms with Crippen molar-refractivity contribution in [3.8, 4) is 0 Å². The van der Waals surface area contributed by atoms with E-state index in [-0.39, 0.29) is 12.0 Å². The van der Waals surface area contributed by atoms with Gasteiger partial charge in [0, 0.05) is 43.8 Å². The van der Waals surface area contributed by atoms with Crippen LogP contribution in [0.25, 0.3) is 0 Å². The first-order valence-electron chi connectivity index (χ1n) is 8.74. The van der Waals surface area contributed by atoms with Gasteiger partial charge in [0.25, 0.3) is 5.91 Å². The van der Waals surface area contributed by atoms with Crippen LogP contribution in [-0.2, 0) is 24.1 Å². The zero-order valence-corrected chi connectivity index (χ0v) is 14.8. The van der Waals surface area contributed by atoms with E-state index in [1.54, 1.807) is 30.4 Å². The van der Waals surface area contributed by atoms with E-state index in [0.29, 0.717) is 44.6 Å². The summed E-state index contributed by atoms with van der Waals surface area (Å²) in [5.74, 6) is -0.144. The lowest BCUT2D eigenvalue weighted by Crippen LogP contribution is -2.37. The summed E-state index contributed by atoms with van der Waals surface area (Å²) in [5.41, 5.74) is 3.36. The minimum atomic E-state index is -0.330.